The van der Waals surface area contributed by atoms with E-state index in [1.165, 1.54) is 11.1 Å². The number of piperidine rings is 1. The standard InChI is InChI=1S/C20H33N3O2/c1-4-17-8-5-6-9-18(17)16-22-20(21-2)23-12-10-19(11-13-23)25-15-7-14-24-3/h5-6,8-9,19H,4,7,10-16H2,1-3H3,(H,21,22). The number of ether oxygens (including phenoxy) is 2. The van der Waals surface area contributed by atoms with E-state index in [4.69, 9.17) is 9.47 Å². The summed E-state index contributed by atoms with van der Waals surface area (Å²) >= 11 is 0. The minimum Gasteiger partial charge on any atom is -0.385 e. The molecule has 5 nitrogen and oxygen atoms in total. The third-order valence-electron chi connectivity index (χ3n) is 4.74. The van der Waals surface area contributed by atoms with Crippen LogP contribution >= 0.6 is 0 Å². The van der Waals surface area contributed by atoms with E-state index in [1.807, 2.05) is 7.05 Å². The smallest absolute Gasteiger partial charge is 0.193 e. The van der Waals surface area contributed by atoms with E-state index in [-0.39, 0.29) is 0 Å². The lowest BCUT2D eigenvalue weighted by Gasteiger charge is -2.34. The predicted octanol–water partition coefficient (Wildman–Crippen LogP) is 2.84. The fourth-order valence-electron chi connectivity index (χ4n) is 3.27. The molecule has 140 valence electrons. The van der Waals surface area contributed by atoms with Crippen LogP contribution in [-0.4, -0.2) is 57.4 Å². The number of aliphatic imine (C=N–C) groups is 1. The third-order valence-corrected chi connectivity index (χ3v) is 4.74. The Morgan fingerprint density at radius 3 is 2.56 bits per heavy atom. The van der Waals surface area contributed by atoms with Crippen LogP contribution in [0.25, 0.3) is 0 Å². The molecule has 0 aromatic heterocycles. The van der Waals surface area contributed by atoms with Gasteiger partial charge in [0.2, 0.25) is 0 Å². The molecule has 0 bridgehead atoms. The van der Waals surface area contributed by atoms with Crippen LogP contribution in [0.3, 0.4) is 0 Å². The molecule has 1 heterocycles. The quantitative estimate of drug-likeness (QED) is 0.446. The number of methoxy groups -OCH3 is 1. The van der Waals surface area contributed by atoms with Crippen LogP contribution in [0.2, 0.25) is 0 Å². The Balaban J connectivity index is 1.76. The highest BCUT2D eigenvalue weighted by molar-refractivity contribution is 5.80. The molecule has 0 saturated carbocycles. The molecule has 0 aliphatic carbocycles. The molecule has 1 saturated heterocycles. The number of likely N-dealkylation sites (tertiary alicyclic amines) is 1. The van der Waals surface area contributed by atoms with Crippen LogP contribution < -0.4 is 5.32 Å². The molecule has 1 aromatic carbocycles. The van der Waals surface area contributed by atoms with E-state index in [9.17, 15) is 0 Å². The second-order valence-corrected chi connectivity index (χ2v) is 6.43. The lowest BCUT2D eigenvalue weighted by Crippen LogP contribution is -2.46. The van der Waals surface area contributed by atoms with Gasteiger partial charge in [0.05, 0.1) is 6.10 Å². The van der Waals surface area contributed by atoms with Crippen molar-refractivity contribution in [2.24, 2.45) is 4.99 Å². The Kier molecular flexibility index (Phi) is 8.77. The number of benzene rings is 1. The Labute approximate surface area is 152 Å². The molecule has 5 heteroatoms. The summed E-state index contributed by atoms with van der Waals surface area (Å²) in [5.41, 5.74) is 2.75. The molecule has 25 heavy (non-hydrogen) atoms. The first kappa shape index (κ1) is 19.7. The van der Waals surface area contributed by atoms with Crippen molar-refractivity contribution in [2.45, 2.75) is 45.3 Å². The van der Waals surface area contributed by atoms with Crippen molar-refractivity contribution in [1.29, 1.82) is 0 Å². The van der Waals surface area contributed by atoms with E-state index in [1.54, 1.807) is 7.11 Å². The Hall–Kier alpha value is -1.59. The van der Waals surface area contributed by atoms with E-state index in [2.05, 4.69) is 46.4 Å². The third kappa shape index (κ3) is 6.33. The molecule has 0 spiro atoms. The van der Waals surface area contributed by atoms with Crippen molar-refractivity contribution in [3.63, 3.8) is 0 Å². The molecule has 1 fully saturated rings. The number of hydrogen-bond acceptors (Lipinski definition) is 3. The molecule has 1 aliphatic heterocycles. The van der Waals surface area contributed by atoms with Gasteiger partial charge in [-0.1, -0.05) is 31.2 Å². The maximum Gasteiger partial charge on any atom is 0.193 e. The fraction of sp³-hybridized carbons (Fsp3) is 0.650. The Morgan fingerprint density at radius 2 is 1.92 bits per heavy atom. The first-order valence-electron chi connectivity index (χ1n) is 9.41. The van der Waals surface area contributed by atoms with Crippen LogP contribution in [-0.2, 0) is 22.4 Å². The van der Waals surface area contributed by atoms with Crippen molar-refractivity contribution in [3.8, 4) is 0 Å². The van der Waals surface area contributed by atoms with Gasteiger partial charge >= 0.3 is 0 Å². The zero-order valence-corrected chi connectivity index (χ0v) is 16.0. The number of guanidine groups is 1. The predicted molar refractivity (Wildman–Crippen MR) is 103 cm³/mol. The van der Waals surface area contributed by atoms with Crippen molar-refractivity contribution in [3.05, 3.63) is 35.4 Å². The van der Waals surface area contributed by atoms with Gasteiger partial charge in [-0.2, -0.15) is 0 Å². The van der Waals surface area contributed by atoms with Gasteiger partial charge in [-0.15, -0.1) is 0 Å². The molecular formula is C20H33N3O2. The van der Waals surface area contributed by atoms with Gasteiger partial charge in [0.1, 0.15) is 0 Å². The van der Waals surface area contributed by atoms with Crippen LogP contribution in [0.5, 0.6) is 0 Å². The number of aryl methyl sites for hydroxylation is 1. The highest BCUT2D eigenvalue weighted by Gasteiger charge is 2.21. The zero-order chi connectivity index (χ0) is 17.9. The number of hydrogen-bond donors (Lipinski definition) is 1. The van der Waals surface area contributed by atoms with Gasteiger partial charge in [-0.05, 0) is 36.8 Å². The molecule has 2 rings (SSSR count). The molecular weight excluding hydrogens is 314 g/mol. The maximum atomic E-state index is 5.94. The summed E-state index contributed by atoms with van der Waals surface area (Å²) in [6, 6.07) is 8.60. The molecule has 0 amide bonds. The maximum absolute atomic E-state index is 5.94. The van der Waals surface area contributed by atoms with Crippen LogP contribution in [0.15, 0.2) is 29.3 Å². The highest BCUT2D eigenvalue weighted by Crippen LogP contribution is 2.15. The summed E-state index contributed by atoms with van der Waals surface area (Å²) in [6.45, 7) is 6.57. The van der Waals surface area contributed by atoms with Gasteiger partial charge in [0.15, 0.2) is 5.96 Å². The van der Waals surface area contributed by atoms with Crippen molar-refractivity contribution >= 4 is 5.96 Å². The highest BCUT2D eigenvalue weighted by atomic mass is 16.5. The summed E-state index contributed by atoms with van der Waals surface area (Å²) in [5.74, 6) is 0.990. The average molecular weight is 348 g/mol. The normalized spacial score (nSPS) is 16.3. The Bertz CT molecular complexity index is 525. The van der Waals surface area contributed by atoms with E-state index in [0.29, 0.717) is 6.10 Å². The lowest BCUT2D eigenvalue weighted by molar-refractivity contribution is 0.00989. The lowest BCUT2D eigenvalue weighted by atomic mass is 10.1. The summed E-state index contributed by atoms with van der Waals surface area (Å²) in [6.07, 6.45) is 4.50. The molecule has 0 atom stereocenters. The van der Waals surface area contributed by atoms with E-state index >= 15 is 0 Å². The number of nitrogens with one attached hydrogen (secondary N) is 1. The second-order valence-electron chi connectivity index (χ2n) is 6.43. The largest absolute Gasteiger partial charge is 0.385 e. The van der Waals surface area contributed by atoms with E-state index in [0.717, 1.165) is 64.5 Å². The molecule has 1 N–H and O–H groups in total. The minimum absolute atomic E-state index is 0.368. The van der Waals surface area contributed by atoms with E-state index < -0.39 is 0 Å². The number of nitrogens with zero attached hydrogens (tertiary/aromatic N) is 2. The first-order valence-corrected chi connectivity index (χ1v) is 9.41. The van der Waals surface area contributed by atoms with Gasteiger partial charge in [0, 0.05) is 47.0 Å². The monoisotopic (exact) mass is 347 g/mol. The Morgan fingerprint density at radius 1 is 1.20 bits per heavy atom. The molecule has 0 unspecified atom stereocenters. The van der Waals surface area contributed by atoms with Crippen molar-refractivity contribution in [1.82, 2.24) is 10.2 Å². The summed E-state index contributed by atoms with van der Waals surface area (Å²) in [4.78, 5) is 6.80. The van der Waals surface area contributed by atoms with Crippen molar-refractivity contribution < 1.29 is 9.47 Å². The second kappa shape index (κ2) is 11.1. The van der Waals surface area contributed by atoms with Gasteiger partial charge in [0.25, 0.3) is 0 Å². The number of rotatable bonds is 8. The topological polar surface area (TPSA) is 46.1 Å². The van der Waals surface area contributed by atoms with Gasteiger partial charge < -0.3 is 19.7 Å². The van der Waals surface area contributed by atoms with Crippen LogP contribution in [0.1, 0.15) is 37.3 Å². The fourth-order valence-corrected chi connectivity index (χ4v) is 3.27. The van der Waals surface area contributed by atoms with Crippen LogP contribution in [0, 0.1) is 0 Å². The average Bonchev–Trinajstić information content (AvgIpc) is 2.67. The molecule has 1 aromatic rings. The van der Waals surface area contributed by atoms with Crippen molar-refractivity contribution in [2.75, 3.05) is 40.5 Å². The SMILES string of the molecule is CCc1ccccc1CNC(=NC)N1CCC(OCCCOC)CC1. The summed E-state index contributed by atoms with van der Waals surface area (Å²) in [5, 5.41) is 3.52. The van der Waals surface area contributed by atoms with Gasteiger partial charge in [-0.25, -0.2) is 0 Å². The molecule has 0 radical (unpaired) electrons. The summed E-state index contributed by atoms with van der Waals surface area (Å²) in [7, 11) is 3.59. The minimum atomic E-state index is 0.368. The molecule has 1 aliphatic rings. The summed E-state index contributed by atoms with van der Waals surface area (Å²) < 4.78 is 11.0. The van der Waals surface area contributed by atoms with Gasteiger partial charge in [-0.3, -0.25) is 4.99 Å². The van der Waals surface area contributed by atoms with Crippen LogP contribution in [0.4, 0.5) is 0 Å². The zero-order valence-electron chi connectivity index (χ0n) is 16.0. The first-order chi connectivity index (χ1) is 12.3.